The van der Waals surface area contributed by atoms with Gasteiger partial charge in [0.1, 0.15) is 17.0 Å². The lowest BCUT2D eigenvalue weighted by atomic mass is 10.3. The second kappa shape index (κ2) is 5.13. The van der Waals surface area contributed by atoms with E-state index in [9.17, 15) is 17.2 Å². The predicted octanol–water partition coefficient (Wildman–Crippen LogP) is 0.486. The smallest absolute Gasteiger partial charge is 0.246 e. The number of nitrogens with one attached hydrogen (secondary N) is 1. The Hall–Kier alpha value is -2.07. The fourth-order valence-electron chi connectivity index (χ4n) is 1.54. The van der Waals surface area contributed by atoms with Crippen LogP contribution < -0.4 is 5.73 Å². The second-order valence-corrected chi connectivity index (χ2v) is 6.02. The molecule has 0 saturated heterocycles. The summed E-state index contributed by atoms with van der Waals surface area (Å²) in [6, 6.07) is 1.58. The summed E-state index contributed by atoms with van der Waals surface area (Å²) in [5.41, 5.74) is 5.16. The van der Waals surface area contributed by atoms with Crippen molar-refractivity contribution in [1.82, 2.24) is 19.5 Å². The van der Waals surface area contributed by atoms with Crippen molar-refractivity contribution >= 4 is 15.7 Å². The van der Waals surface area contributed by atoms with Gasteiger partial charge in [0, 0.05) is 12.7 Å². The van der Waals surface area contributed by atoms with Crippen LogP contribution in [0.4, 0.5) is 14.5 Å². The van der Waals surface area contributed by atoms with E-state index in [1.807, 2.05) is 0 Å². The molecule has 0 unspecified atom stereocenters. The van der Waals surface area contributed by atoms with Crippen LogP contribution in [-0.2, 0) is 16.6 Å². The number of rotatable bonds is 4. The molecule has 0 saturated carbocycles. The van der Waals surface area contributed by atoms with E-state index in [2.05, 4.69) is 15.2 Å². The molecule has 2 aromatic rings. The van der Waals surface area contributed by atoms with Crippen LogP contribution in [0.1, 0.15) is 5.82 Å². The minimum Gasteiger partial charge on any atom is -0.399 e. The Kier molecular flexibility index (Phi) is 3.68. The molecule has 0 atom stereocenters. The number of nitrogens with two attached hydrogens (primary N) is 1. The van der Waals surface area contributed by atoms with Gasteiger partial charge >= 0.3 is 0 Å². The first kappa shape index (κ1) is 14.3. The number of aromatic nitrogens is 3. The zero-order valence-electron chi connectivity index (χ0n) is 10.3. The lowest BCUT2D eigenvalue weighted by Gasteiger charge is -2.16. The molecule has 10 heteroatoms. The number of aromatic amines is 1. The minimum atomic E-state index is -4.24. The molecule has 2 rings (SSSR count). The van der Waals surface area contributed by atoms with Gasteiger partial charge in [-0.2, -0.15) is 9.40 Å². The lowest BCUT2D eigenvalue weighted by Crippen LogP contribution is -2.28. The van der Waals surface area contributed by atoms with E-state index in [0.29, 0.717) is 6.07 Å². The van der Waals surface area contributed by atoms with Crippen LogP contribution in [0.15, 0.2) is 23.4 Å². The highest BCUT2D eigenvalue weighted by atomic mass is 32.2. The van der Waals surface area contributed by atoms with Gasteiger partial charge < -0.3 is 5.73 Å². The molecule has 0 aliphatic rings. The zero-order valence-corrected chi connectivity index (χ0v) is 11.2. The maximum absolute atomic E-state index is 13.6. The third-order valence-corrected chi connectivity index (χ3v) is 4.35. The molecule has 3 N–H and O–H groups in total. The van der Waals surface area contributed by atoms with Crippen molar-refractivity contribution in [3.8, 4) is 0 Å². The molecule has 20 heavy (non-hydrogen) atoms. The number of hydrogen-bond donors (Lipinski definition) is 2. The van der Waals surface area contributed by atoms with Crippen molar-refractivity contribution in [1.29, 1.82) is 0 Å². The van der Waals surface area contributed by atoms with Crippen LogP contribution in [0.3, 0.4) is 0 Å². The predicted molar refractivity (Wildman–Crippen MR) is 65.8 cm³/mol. The molecule has 0 radical (unpaired) electrons. The summed E-state index contributed by atoms with van der Waals surface area (Å²) in [4.78, 5) is 2.93. The van der Waals surface area contributed by atoms with Crippen LogP contribution in [0.2, 0.25) is 0 Å². The zero-order chi connectivity index (χ0) is 14.9. The van der Waals surface area contributed by atoms with Gasteiger partial charge in [-0.1, -0.05) is 0 Å². The number of halogens is 2. The third kappa shape index (κ3) is 2.60. The highest BCUT2D eigenvalue weighted by Crippen LogP contribution is 2.24. The first-order chi connectivity index (χ1) is 9.32. The number of benzene rings is 1. The molecule has 0 aliphatic carbocycles. The van der Waals surface area contributed by atoms with Gasteiger partial charge in [-0.3, -0.25) is 5.10 Å². The third-order valence-electron chi connectivity index (χ3n) is 2.54. The summed E-state index contributed by atoms with van der Waals surface area (Å²) < 4.78 is 52.1. The van der Waals surface area contributed by atoms with Gasteiger partial charge in [0.2, 0.25) is 10.0 Å². The number of hydrogen-bond acceptors (Lipinski definition) is 5. The summed E-state index contributed by atoms with van der Waals surface area (Å²) in [6.45, 7) is -0.168. The first-order valence-electron chi connectivity index (χ1n) is 5.37. The molecule has 0 spiro atoms. The Bertz CT molecular complexity index is 717. The fraction of sp³-hybridized carbons (Fsp3) is 0.200. The molecule has 7 nitrogen and oxygen atoms in total. The van der Waals surface area contributed by atoms with Crippen LogP contribution in [0.25, 0.3) is 0 Å². The second-order valence-electron chi connectivity index (χ2n) is 4.01. The number of anilines is 1. The minimum absolute atomic E-state index is 0.168. The maximum Gasteiger partial charge on any atom is 0.246 e. The Morgan fingerprint density at radius 3 is 2.70 bits per heavy atom. The number of sulfonamides is 1. The van der Waals surface area contributed by atoms with Crippen molar-refractivity contribution in [3.63, 3.8) is 0 Å². The molecule has 0 amide bonds. The van der Waals surface area contributed by atoms with E-state index in [1.165, 1.54) is 13.4 Å². The number of nitrogen functional groups attached to an aromatic ring is 1. The van der Waals surface area contributed by atoms with Gasteiger partial charge in [0.15, 0.2) is 11.6 Å². The largest absolute Gasteiger partial charge is 0.399 e. The summed E-state index contributed by atoms with van der Waals surface area (Å²) >= 11 is 0. The average molecular weight is 303 g/mol. The summed E-state index contributed by atoms with van der Waals surface area (Å²) in [5, 5.41) is 6.03. The van der Waals surface area contributed by atoms with E-state index < -0.39 is 26.6 Å². The van der Waals surface area contributed by atoms with Gasteiger partial charge in [-0.05, 0) is 12.1 Å². The Balaban J connectivity index is 2.40. The monoisotopic (exact) mass is 303 g/mol. The van der Waals surface area contributed by atoms with Gasteiger partial charge in [0.25, 0.3) is 0 Å². The lowest BCUT2D eigenvalue weighted by molar-refractivity contribution is 0.441. The van der Waals surface area contributed by atoms with Crippen molar-refractivity contribution in [2.24, 2.45) is 0 Å². The first-order valence-corrected chi connectivity index (χ1v) is 6.81. The Morgan fingerprint density at radius 2 is 2.10 bits per heavy atom. The quantitative estimate of drug-likeness (QED) is 0.800. The average Bonchev–Trinajstić information content (AvgIpc) is 2.86. The van der Waals surface area contributed by atoms with Crippen molar-refractivity contribution < 1.29 is 17.2 Å². The van der Waals surface area contributed by atoms with E-state index in [1.54, 1.807) is 0 Å². The molecule has 1 aromatic heterocycles. The molecular weight excluding hydrogens is 292 g/mol. The van der Waals surface area contributed by atoms with Crippen LogP contribution in [-0.4, -0.2) is 35.0 Å². The molecular formula is C10H11F2N5O2S. The normalized spacial score (nSPS) is 12.0. The molecule has 1 aromatic carbocycles. The molecule has 0 bridgehead atoms. The van der Waals surface area contributed by atoms with Crippen molar-refractivity contribution in [2.75, 3.05) is 12.8 Å². The van der Waals surface area contributed by atoms with Gasteiger partial charge in [-0.15, -0.1) is 0 Å². The number of nitrogens with zero attached hydrogens (tertiary/aromatic N) is 3. The highest BCUT2D eigenvalue weighted by molar-refractivity contribution is 7.89. The van der Waals surface area contributed by atoms with E-state index in [-0.39, 0.29) is 18.1 Å². The summed E-state index contributed by atoms with van der Waals surface area (Å²) in [6.07, 6.45) is 1.20. The summed E-state index contributed by atoms with van der Waals surface area (Å²) in [5.74, 6) is -2.53. The van der Waals surface area contributed by atoms with Crippen LogP contribution in [0.5, 0.6) is 0 Å². The van der Waals surface area contributed by atoms with E-state index in [0.717, 1.165) is 10.4 Å². The van der Waals surface area contributed by atoms with Crippen molar-refractivity contribution in [2.45, 2.75) is 11.4 Å². The molecule has 108 valence electrons. The van der Waals surface area contributed by atoms with Crippen LogP contribution >= 0.6 is 0 Å². The maximum atomic E-state index is 13.6. The molecule has 0 aliphatic heterocycles. The van der Waals surface area contributed by atoms with Gasteiger partial charge in [0.05, 0.1) is 6.54 Å². The number of H-pyrrole nitrogens is 1. The van der Waals surface area contributed by atoms with E-state index in [4.69, 9.17) is 5.73 Å². The van der Waals surface area contributed by atoms with Gasteiger partial charge in [-0.25, -0.2) is 22.2 Å². The SMILES string of the molecule is CN(Cc1ncn[nH]1)S(=O)(=O)c1cc(N)cc(F)c1F. The molecule has 1 heterocycles. The molecule has 0 fully saturated rings. The van der Waals surface area contributed by atoms with Crippen LogP contribution in [0, 0.1) is 11.6 Å². The Labute approximate surface area is 113 Å². The highest BCUT2D eigenvalue weighted by Gasteiger charge is 2.27. The standard InChI is InChI=1S/C10H11F2N5O2S/c1-17(4-9-14-5-15-16-9)20(18,19)8-3-6(13)2-7(11)10(8)12/h2-3,5H,4,13H2,1H3,(H,14,15,16). The topological polar surface area (TPSA) is 105 Å². The van der Waals surface area contributed by atoms with Crippen molar-refractivity contribution in [3.05, 3.63) is 35.9 Å². The fourth-order valence-corrected chi connectivity index (χ4v) is 2.78. The van der Waals surface area contributed by atoms with E-state index >= 15 is 0 Å². The Morgan fingerprint density at radius 1 is 1.40 bits per heavy atom. The summed E-state index contributed by atoms with van der Waals surface area (Å²) in [7, 11) is -3.03.